The number of ether oxygens (including phenoxy) is 1. The van der Waals surface area contributed by atoms with E-state index < -0.39 is 5.24 Å². The molecular weight excluding hydrogens is 224 g/mol. The molecule has 0 N–H and O–H groups in total. The Bertz CT molecular complexity index is 444. The van der Waals surface area contributed by atoms with Gasteiger partial charge < -0.3 is 4.74 Å². The number of hydrogen-bond acceptors (Lipinski definition) is 2. The van der Waals surface area contributed by atoms with Gasteiger partial charge in [0, 0.05) is 5.56 Å². The third kappa shape index (κ3) is 2.74. The van der Waals surface area contributed by atoms with Crippen LogP contribution in [-0.2, 0) is 0 Å². The molecule has 1 aromatic carbocycles. The molecular formula is C13H11ClO2. The zero-order valence-electron chi connectivity index (χ0n) is 8.65. The van der Waals surface area contributed by atoms with Crippen LogP contribution in [0.1, 0.15) is 23.2 Å². The summed E-state index contributed by atoms with van der Waals surface area (Å²) in [6, 6.07) is 6.77. The Morgan fingerprint density at radius 3 is 2.50 bits per heavy atom. The van der Waals surface area contributed by atoms with E-state index in [-0.39, 0.29) is 0 Å². The lowest BCUT2D eigenvalue weighted by atomic mass is 10.2. The number of rotatable bonds is 3. The molecule has 0 unspecified atom stereocenters. The van der Waals surface area contributed by atoms with Gasteiger partial charge in [-0.15, -0.1) is 0 Å². The van der Waals surface area contributed by atoms with Crippen molar-refractivity contribution in [2.45, 2.75) is 12.8 Å². The van der Waals surface area contributed by atoms with Crippen LogP contribution in [0.2, 0.25) is 0 Å². The Labute approximate surface area is 99.2 Å². The SMILES string of the molecule is O=C(Cl)c1ccc(OC2=CCCC=C2)cc1. The number of hydrogen-bond donors (Lipinski definition) is 0. The number of allylic oxidation sites excluding steroid dienone is 3. The summed E-state index contributed by atoms with van der Waals surface area (Å²) in [5.74, 6) is 1.55. The van der Waals surface area contributed by atoms with Crippen LogP contribution in [0.4, 0.5) is 0 Å². The van der Waals surface area contributed by atoms with Gasteiger partial charge in [0.15, 0.2) is 0 Å². The molecule has 0 bridgehead atoms. The van der Waals surface area contributed by atoms with Crippen LogP contribution in [0.25, 0.3) is 0 Å². The summed E-state index contributed by atoms with van der Waals surface area (Å²) >= 11 is 5.35. The second-order valence-corrected chi connectivity index (χ2v) is 3.83. The zero-order chi connectivity index (χ0) is 11.4. The van der Waals surface area contributed by atoms with Gasteiger partial charge >= 0.3 is 0 Å². The van der Waals surface area contributed by atoms with Gasteiger partial charge in [0.05, 0.1) is 0 Å². The average molecular weight is 235 g/mol. The first-order chi connectivity index (χ1) is 7.75. The molecule has 0 aromatic heterocycles. The van der Waals surface area contributed by atoms with Crippen molar-refractivity contribution in [3.8, 4) is 5.75 Å². The van der Waals surface area contributed by atoms with Gasteiger partial charge in [-0.3, -0.25) is 4.79 Å². The summed E-state index contributed by atoms with van der Waals surface area (Å²) in [4.78, 5) is 10.8. The Morgan fingerprint density at radius 2 is 1.94 bits per heavy atom. The molecule has 1 aliphatic carbocycles. The number of carbonyl (C=O) groups is 1. The largest absolute Gasteiger partial charge is 0.458 e. The lowest BCUT2D eigenvalue weighted by molar-refractivity contribution is 0.108. The normalized spacial score (nSPS) is 14.4. The van der Waals surface area contributed by atoms with Gasteiger partial charge in [0.25, 0.3) is 5.24 Å². The molecule has 3 heteroatoms. The molecule has 2 nitrogen and oxygen atoms in total. The predicted octanol–water partition coefficient (Wildman–Crippen LogP) is 3.68. The van der Waals surface area contributed by atoms with Crippen molar-refractivity contribution in [1.29, 1.82) is 0 Å². The summed E-state index contributed by atoms with van der Waals surface area (Å²) in [6.45, 7) is 0. The lowest BCUT2D eigenvalue weighted by Gasteiger charge is -2.09. The summed E-state index contributed by atoms with van der Waals surface area (Å²) in [5.41, 5.74) is 0.474. The number of halogens is 1. The predicted molar refractivity (Wildman–Crippen MR) is 63.7 cm³/mol. The highest BCUT2D eigenvalue weighted by molar-refractivity contribution is 6.67. The minimum atomic E-state index is -0.455. The molecule has 0 saturated carbocycles. The van der Waals surface area contributed by atoms with Crippen molar-refractivity contribution >= 4 is 16.8 Å². The summed E-state index contributed by atoms with van der Waals surface area (Å²) < 4.78 is 5.61. The van der Waals surface area contributed by atoms with E-state index in [0.717, 1.165) is 18.6 Å². The van der Waals surface area contributed by atoms with Crippen molar-refractivity contribution in [2.75, 3.05) is 0 Å². The Kier molecular flexibility index (Phi) is 3.42. The maximum absolute atomic E-state index is 10.8. The summed E-state index contributed by atoms with van der Waals surface area (Å²) in [6.07, 6.45) is 8.13. The van der Waals surface area contributed by atoms with Crippen molar-refractivity contribution in [3.05, 3.63) is 53.8 Å². The fourth-order valence-corrected chi connectivity index (χ4v) is 1.58. The molecule has 0 heterocycles. The second-order valence-electron chi connectivity index (χ2n) is 3.49. The molecule has 0 spiro atoms. The number of benzene rings is 1. The van der Waals surface area contributed by atoms with Gasteiger partial charge in [-0.25, -0.2) is 0 Å². The minimum absolute atomic E-state index is 0.455. The maximum Gasteiger partial charge on any atom is 0.252 e. The van der Waals surface area contributed by atoms with E-state index in [1.165, 1.54) is 0 Å². The quantitative estimate of drug-likeness (QED) is 0.746. The van der Waals surface area contributed by atoms with Crippen molar-refractivity contribution < 1.29 is 9.53 Å². The van der Waals surface area contributed by atoms with Crippen LogP contribution in [0, 0.1) is 0 Å². The molecule has 1 aromatic rings. The molecule has 16 heavy (non-hydrogen) atoms. The van der Waals surface area contributed by atoms with Crippen molar-refractivity contribution in [1.82, 2.24) is 0 Å². The van der Waals surface area contributed by atoms with E-state index >= 15 is 0 Å². The fourth-order valence-electron chi connectivity index (χ4n) is 1.46. The van der Waals surface area contributed by atoms with E-state index in [2.05, 4.69) is 6.08 Å². The van der Waals surface area contributed by atoms with Gasteiger partial charge in [-0.05, 0) is 60.9 Å². The van der Waals surface area contributed by atoms with E-state index in [1.54, 1.807) is 24.3 Å². The fraction of sp³-hybridized carbons (Fsp3) is 0.154. The summed E-state index contributed by atoms with van der Waals surface area (Å²) in [5, 5.41) is -0.455. The zero-order valence-corrected chi connectivity index (χ0v) is 9.41. The van der Waals surface area contributed by atoms with Gasteiger partial charge in [0.2, 0.25) is 0 Å². The van der Waals surface area contributed by atoms with Gasteiger partial charge in [-0.1, -0.05) is 6.08 Å². The first kappa shape index (κ1) is 11.0. The molecule has 0 radical (unpaired) electrons. The van der Waals surface area contributed by atoms with Crippen LogP contribution < -0.4 is 4.74 Å². The first-order valence-corrected chi connectivity index (χ1v) is 5.48. The van der Waals surface area contributed by atoms with Gasteiger partial charge in [0.1, 0.15) is 11.5 Å². The molecule has 2 rings (SSSR count). The third-order valence-corrected chi connectivity index (χ3v) is 2.50. The molecule has 82 valence electrons. The van der Waals surface area contributed by atoms with E-state index in [1.807, 2.05) is 12.2 Å². The van der Waals surface area contributed by atoms with Crippen LogP contribution in [0.15, 0.2) is 48.3 Å². The highest BCUT2D eigenvalue weighted by atomic mass is 35.5. The minimum Gasteiger partial charge on any atom is -0.458 e. The van der Waals surface area contributed by atoms with Crippen LogP contribution in [-0.4, -0.2) is 5.24 Å². The van der Waals surface area contributed by atoms with Crippen molar-refractivity contribution in [3.63, 3.8) is 0 Å². The molecule has 0 fully saturated rings. The third-order valence-electron chi connectivity index (χ3n) is 2.28. The second kappa shape index (κ2) is 4.99. The topological polar surface area (TPSA) is 26.3 Å². The standard InChI is InChI=1S/C13H11ClO2/c14-13(15)10-6-8-12(9-7-10)16-11-4-2-1-3-5-11/h2,4-9H,1,3H2. The smallest absolute Gasteiger partial charge is 0.252 e. The van der Waals surface area contributed by atoms with Crippen LogP contribution >= 0.6 is 11.6 Å². The molecule has 0 atom stereocenters. The highest BCUT2D eigenvalue weighted by Gasteiger charge is 2.03. The highest BCUT2D eigenvalue weighted by Crippen LogP contribution is 2.19. The molecule has 0 saturated heterocycles. The van der Waals surface area contributed by atoms with Crippen LogP contribution in [0.3, 0.4) is 0 Å². The Balaban J connectivity index is 2.08. The first-order valence-electron chi connectivity index (χ1n) is 5.10. The maximum atomic E-state index is 10.8. The van der Waals surface area contributed by atoms with Gasteiger partial charge in [-0.2, -0.15) is 0 Å². The molecule has 0 aliphatic heterocycles. The van der Waals surface area contributed by atoms with E-state index in [0.29, 0.717) is 11.3 Å². The van der Waals surface area contributed by atoms with Crippen molar-refractivity contribution in [2.24, 2.45) is 0 Å². The lowest BCUT2D eigenvalue weighted by Crippen LogP contribution is -1.96. The molecule has 1 aliphatic rings. The average Bonchev–Trinajstić information content (AvgIpc) is 2.31. The summed E-state index contributed by atoms with van der Waals surface area (Å²) in [7, 11) is 0. The van der Waals surface area contributed by atoms with Crippen LogP contribution in [0.5, 0.6) is 5.75 Å². The van der Waals surface area contributed by atoms with E-state index in [9.17, 15) is 4.79 Å². The van der Waals surface area contributed by atoms with E-state index in [4.69, 9.17) is 16.3 Å². The Hall–Kier alpha value is -1.54. The Morgan fingerprint density at radius 1 is 1.19 bits per heavy atom. The molecule has 0 amide bonds. The number of carbonyl (C=O) groups excluding carboxylic acids is 1. The monoisotopic (exact) mass is 234 g/mol.